The van der Waals surface area contributed by atoms with Gasteiger partial charge in [-0.1, -0.05) is 24.3 Å². The van der Waals surface area contributed by atoms with E-state index >= 15 is 0 Å². The number of ether oxygens (including phenoxy) is 3. The Bertz CT molecular complexity index is 1390. The first-order chi connectivity index (χ1) is 17.9. The van der Waals surface area contributed by atoms with E-state index < -0.39 is 23.6 Å². The number of amides is 3. The molecule has 0 unspecified atom stereocenters. The molecule has 0 spiro atoms. The van der Waals surface area contributed by atoms with Crippen molar-refractivity contribution in [3.63, 3.8) is 0 Å². The minimum absolute atomic E-state index is 0.202. The normalized spacial score (nSPS) is 15.7. The van der Waals surface area contributed by atoms with Gasteiger partial charge in [-0.25, -0.2) is 4.39 Å². The average Bonchev–Trinajstić information content (AvgIpc) is 3.15. The van der Waals surface area contributed by atoms with E-state index in [4.69, 9.17) is 14.2 Å². The standard InChI is InChI=1S/C27H21FN2O6S/c28-19-6-4-17(5-7-19)16-36-21-3-1-2-18(12-21)13-24-26(32)30(27(33)37-24)15-25(31)29-20-8-9-22-23(14-20)35-11-10-34-22/h1-9,12-14H,10-11,15-16H2,(H,29,31)/b24-13+. The molecule has 3 aromatic carbocycles. The molecule has 8 nitrogen and oxygen atoms in total. The van der Waals surface area contributed by atoms with Gasteiger partial charge in [0.2, 0.25) is 5.91 Å². The van der Waals surface area contributed by atoms with E-state index in [2.05, 4.69) is 5.32 Å². The van der Waals surface area contributed by atoms with Gasteiger partial charge in [0.25, 0.3) is 11.1 Å². The van der Waals surface area contributed by atoms with Crippen molar-refractivity contribution >= 4 is 40.6 Å². The second-order valence-corrected chi connectivity index (χ2v) is 9.16. The number of hydrogen-bond acceptors (Lipinski definition) is 7. The summed E-state index contributed by atoms with van der Waals surface area (Å²) in [6, 6.07) is 18.0. The number of rotatable bonds is 7. The van der Waals surface area contributed by atoms with Crippen LogP contribution in [0.1, 0.15) is 11.1 Å². The van der Waals surface area contributed by atoms with E-state index in [1.165, 1.54) is 12.1 Å². The molecule has 0 aromatic heterocycles. The summed E-state index contributed by atoms with van der Waals surface area (Å²) < 4.78 is 29.8. The van der Waals surface area contributed by atoms with Crippen molar-refractivity contribution in [1.82, 2.24) is 4.90 Å². The average molecular weight is 521 g/mol. The molecule has 188 valence electrons. The van der Waals surface area contributed by atoms with Crippen molar-refractivity contribution in [2.24, 2.45) is 0 Å². The van der Waals surface area contributed by atoms with Crippen LogP contribution in [0.4, 0.5) is 14.9 Å². The highest BCUT2D eigenvalue weighted by atomic mass is 32.2. The molecule has 3 aromatic rings. The number of carbonyl (C=O) groups excluding carboxylic acids is 3. The summed E-state index contributed by atoms with van der Waals surface area (Å²) in [5, 5.41) is 2.15. The molecular formula is C27H21FN2O6S. The number of fused-ring (bicyclic) bond motifs is 1. The lowest BCUT2D eigenvalue weighted by Crippen LogP contribution is -2.36. The Morgan fingerprint density at radius 1 is 1.03 bits per heavy atom. The molecule has 5 rings (SSSR count). The second kappa shape index (κ2) is 10.8. The minimum atomic E-state index is -0.551. The van der Waals surface area contributed by atoms with Crippen LogP contribution in [-0.2, 0) is 16.2 Å². The number of anilines is 1. The molecule has 0 bridgehead atoms. The van der Waals surface area contributed by atoms with Crippen LogP contribution in [0.3, 0.4) is 0 Å². The van der Waals surface area contributed by atoms with Gasteiger partial charge in [-0.05, 0) is 65.4 Å². The summed E-state index contributed by atoms with van der Waals surface area (Å²) in [7, 11) is 0. The predicted molar refractivity (Wildman–Crippen MR) is 136 cm³/mol. The minimum Gasteiger partial charge on any atom is -0.489 e. The lowest BCUT2D eigenvalue weighted by Gasteiger charge is -2.19. The number of halogens is 1. The van der Waals surface area contributed by atoms with Gasteiger partial charge in [0, 0.05) is 11.8 Å². The molecule has 1 saturated heterocycles. The lowest BCUT2D eigenvalue weighted by molar-refractivity contribution is -0.127. The van der Waals surface area contributed by atoms with Gasteiger partial charge in [0.1, 0.15) is 37.9 Å². The van der Waals surface area contributed by atoms with E-state index in [1.54, 1.807) is 60.7 Å². The highest BCUT2D eigenvalue weighted by Crippen LogP contribution is 2.34. The van der Waals surface area contributed by atoms with Crippen LogP contribution in [0.5, 0.6) is 17.2 Å². The summed E-state index contributed by atoms with van der Waals surface area (Å²) in [6.07, 6.45) is 1.58. The van der Waals surface area contributed by atoms with Crippen molar-refractivity contribution in [3.8, 4) is 17.2 Å². The first-order valence-electron chi connectivity index (χ1n) is 11.4. The number of hydrogen-bond donors (Lipinski definition) is 1. The fraction of sp³-hybridized carbons (Fsp3) is 0.148. The van der Waals surface area contributed by atoms with Gasteiger partial charge in [-0.2, -0.15) is 0 Å². The molecular weight excluding hydrogens is 499 g/mol. The number of carbonyl (C=O) groups is 3. The Morgan fingerprint density at radius 2 is 1.81 bits per heavy atom. The molecule has 3 amide bonds. The molecule has 2 aliphatic rings. The third-order valence-electron chi connectivity index (χ3n) is 5.48. The van der Waals surface area contributed by atoms with Gasteiger partial charge in [-0.3, -0.25) is 19.3 Å². The zero-order valence-corrected chi connectivity index (χ0v) is 20.3. The Labute approximate surface area is 216 Å². The third-order valence-corrected chi connectivity index (χ3v) is 6.38. The highest BCUT2D eigenvalue weighted by molar-refractivity contribution is 8.18. The molecule has 1 fully saturated rings. The van der Waals surface area contributed by atoms with Crippen LogP contribution >= 0.6 is 11.8 Å². The molecule has 1 N–H and O–H groups in total. The first-order valence-corrected chi connectivity index (χ1v) is 12.2. The van der Waals surface area contributed by atoms with E-state index in [9.17, 15) is 18.8 Å². The van der Waals surface area contributed by atoms with Crippen molar-refractivity contribution in [2.75, 3.05) is 25.1 Å². The summed E-state index contributed by atoms with van der Waals surface area (Å²) in [6.45, 7) is 0.700. The van der Waals surface area contributed by atoms with Crippen molar-refractivity contribution in [3.05, 3.63) is 88.6 Å². The Kier molecular flexibility index (Phi) is 7.09. The molecule has 0 aliphatic carbocycles. The lowest BCUT2D eigenvalue weighted by atomic mass is 10.2. The Balaban J connectivity index is 1.21. The summed E-state index contributed by atoms with van der Waals surface area (Å²) in [4.78, 5) is 39.0. The zero-order chi connectivity index (χ0) is 25.8. The summed E-state index contributed by atoms with van der Waals surface area (Å²) in [5.41, 5.74) is 1.93. The van der Waals surface area contributed by atoms with Gasteiger partial charge in [-0.15, -0.1) is 0 Å². The topological polar surface area (TPSA) is 94.2 Å². The summed E-state index contributed by atoms with van der Waals surface area (Å²) in [5.74, 6) is 0.269. The first kappa shape index (κ1) is 24.4. The van der Waals surface area contributed by atoms with Crippen molar-refractivity contribution < 1.29 is 33.0 Å². The Morgan fingerprint density at radius 3 is 2.62 bits per heavy atom. The maximum Gasteiger partial charge on any atom is 0.294 e. The van der Waals surface area contributed by atoms with Crippen LogP contribution in [-0.4, -0.2) is 41.7 Å². The van der Waals surface area contributed by atoms with E-state index in [0.717, 1.165) is 22.2 Å². The molecule has 10 heteroatoms. The van der Waals surface area contributed by atoms with Crippen LogP contribution in [0.15, 0.2) is 71.6 Å². The van der Waals surface area contributed by atoms with E-state index in [0.29, 0.717) is 41.7 Å². The smallest absolute Gasteiger partial charge is 0.294 e. The fourth-order valence-electron chi connectivity index (χ4n) is 3.69. The number of benzene rings is 3. The van der Waals surface area contributed by atoms with E-state index in [1.807, 2.05) is 0 Å². The molecule has 37 heavy (non-hydrogen) atoms. The maximum absolute atomic E-state index is 13.1. The van der Waals surface area contributed by atoms with Crippen molar-refractivity contribution in [2.45, 2.75) is 6.61 Å². The maximum atomic E-state index is 13.1. The molecule has 2 heterocycles. The molecule has 0 atom stereocenters. The van der Waals surface area contributed by atoms with Gasteiger partial charge in [0.15, 0.2) is 11.5 Å². The van der Waals surface area contributed by atoms with E-state index in [-0.39, 0.29) is 17.3 Å². The van der Waals surface area contributed by atoms with Crippen LogP contribution in [0.2, 0.25) is 0 Å². The molecule has 0 saturated carbocycles. The Hall–Kier alpha value is -4.31. The predicted octanol–water partition coefficient (Wildman–Crippen LogP) is 4.85. The quantitative estimate of drug-likeness (QED) is 0.445. The SMILES string of the molecule is O=C(CN1C(=O)S/C(=C/c2cccc(OCc3ccc(F)cc3)c2)C1=O)Nc1ccc2c(c1)OCCO2. The van der Waals surface area contributed by atoms with Crippen LogP contribution < -0.4 is 19.5 Å². The molecule has 2 aliphatic heterocycles. The number of nitrogens with zero attached hydrogens (tertiary/aromatic N) is 1. The van der Waals surface area contributed by atoms with Crippen molar-refractivity contribution in [1.29, 1.82) is 0 Å². The summed E-state index contributed by atoms with van der Waals surface area (Å²) >= 11 is 0.767. The van der Waals surface area contributed by atoms with Gasteiger partial charge in [0.05, 0.1) is 4.91 Å². The van der Waals surface area contributed by atoms with Crippen LogP contribution in [0, 0.1) is 5.82 Å². The van der Waals surface area contributed by atoms with Crippen LogP contribution in [0.25, 0.3) is 6.08 Å². The number of thioether (sulfide) groups is 1. The largest absolute Gasteiger partial charge is 0.489 e. The second-order valence-electron chi connectivity index (χ2n) is 8.16. The highest BCUT2D eigenvalue weighted by Gasteiger charge is 2.36. The number of imide groups is 1. The third kappa shape index (κ3) is 5.92. The number of nitrogens with one attached hydrogen (secondary N) is 1. The fourth-order valence-corrected chi connectivity index (χ4v) is 4.53. The van der Waals surface area contributed by atoms with Gasteiger partial charge >= 0.3 is 0 Å². The van der Waals surface area contributed by atoms with Gasteiger partial charge < -0.3 is 19.5 Å². The zero-order valence-electron chi connectivity index (χ0n) is 19.4. The monoisotopic (exact) mass is 520 g/mol. The molecule has 0 radical (unpaired) electrons.